The molecule has 2 saturated heterocycles. The highest BCUT2D eigenvalue weighted by molar-refractivity contribution is 8.15. The minimum Gasteiger partial charge on any atom is -0.358 e. The Morgan fingerprint density at radius 3 is 2.72 bits per heavy atom. The Bertz CT molecular complexity index is 1190. The van der Waals surface area contributed by atoms with Crippen LogP contribution in [0.4, 0.5) is 4.79 Å². The third-order valence-corrected chi connectivity index (χ3v) is 7.50. The van der Waals surface area contributed by atoms with Gasteiger partial charge in [-0.2, -0.15) is 0 Å². The average Bonchev–Trinajstić information content (AvgIpc) is 3.33. The number of aromatic nitrogens is 2. The topological polar surface area (TPSA) is 86.4 Å². The smallest absolute Gasteiger partial charge is 0.288 e. The maximum absolute atomic E-state index is 13.0. The first-order valence-electron chi connectivity index (χ1n) is 10.8. The lowest BCUT2D eigenvalue weighted by atomic mass is 9.89. The number of hydrogen-bond acceptors (Lipinski definition) is 5. The van der Waals surface area contributed by atoms with E-state index in [2.05, 4.69) is 22.1 Å². The lowest BCUT2D eigenvalue weighted by Crippen LogP contribution is -2.41. The van der Waals surface area contributed by atoms with Crippen LogP contribution < -0.4 is 0 Å². The van der Waals surface area contributed by atoms with Crippen molar-refractivity contribution in [1.82, 2.24) is 19.8 Å². The number of benzene rings is 1. The number of carbonyl (C=O) groups excluding carboxylic acids is 3. The number of fused-ring (bicyclic) bond motifs is 1. The van der Waals surface area contributed by atoms with E-state index < -0.39 is 5.25 Å². The summed E-state index contributed by atoms with van der Waals surface area (Å²) in [5.74, 6) is -0.178. The molecule has 2 aromatic heterocycles. The number of H-pyrrole nitrogens is 1. The first kappa shape index (κ1) is 20.8. The van der Waals surface area contributed by atoms with E-state index in [4.69, 9.17) is 0 Å². The van der Waals surface area contributed by atoms with Crippen LogP contribution in [0.15, 0.2) is 48.8 Å². The van der Waals surface area contributed by atoms with Gasteiger partial charge < -0.3 is 9.88 Å². The molecule has 2 fully saturated rings. The van der Waals surface area contributed by atoms with Crippen molar-refractivity contribution in [2.45, 2.75) is 30.4 Å². The summed E-state index contributed by atoms with van der Waals surface area (Å²) in [6.07, 6.45) is 5.54. The van der Waals surface area contributed by atoms with Gasteiger partial charge >= 0.3 is 0 Å². The van der Waals surface area contributed by atoms with Crippen LogP contribution in [-0.4, -0.2) is 62.2 Å². The van der Waals surface area contributed by atoms with E-state index in [9.17, 15) is 14.4 Å². The minimum atomic E-state index is -0.610. The molecule has 2 aliphatic rings. The molecule has 2 atom stereocenters. The van der Waals surface area contributed by atoms with Gasteiger partial charge in [0.15, 0.2) is 0 Å². The highest BCUT2D eigenvalue weighted by atomic mass is 32.2. The van der Waals surface area contributed by atoms with Crippen molar-refractivity contribution < 1.29 is 14.4 Å². The Labute approximate surface area is 190 Å². The Balaban J connectivity index is 1.41. The number of thioether (sulfide) groups is 1. The van der Waals surface area contributed by atoms with Crippen LogP contribution >= 0.6 is 11.8 Å². The monoisotopic (exact) mass is 448 g/mol. The van der Waals surface area contributed by atoms with Gasteiger partial charge in [-0.1, -0.05) is 30.0 Å². The normalized spacial score (nSPS) is 21.5. The van der Waals surface area contributed by atoms with Crippen molar-refractivity contribution in [1.29, 1.82) is 0 Å². The molecule has 0 aliphatic carbocycles. The molecule has 5 rings (SSSR count). The zero-order valence-electron chi connectivity index (χ0n) is 17.8. The SMILES string of the molecule is CN1C(=O)S[C@@H](CC(=O)N2CCC[C@@H](c3[nH]c4ccccc4c3-c3ccncc3)C2)C1=O. The fourth-order valence-corrected chi connectivity index (χ4v) is 5.69. The zero-order valence-corrected chi connectivity index (χ0v) is 18.6. The van der Waals surface area contributed by atoms with Gasteiger partial charge in [-0.15, -0.1) is 0 Å². The minimum absolute atomic E-state index is 0.0646. The molecule has 3 amide bonds. The first-order chi connectivity index (χ1) is 15.5. The number of para-hydroxylation sites is 1. The molecule has 2 aliphatic heterocycles. The van der Waals surface area contributed by atoms with Crippen LogP contribution in [-0.2, 0) is 9.59 Å². The number of pyridine rings is 1. The third-order valence-electron chi connectivity index (χ3n) is 6.37. The van der Waals surface area contributed by atoms with E-state index in [1.165, 1.54) is 7.05 Å². The van der Waals surface area contributed by atoms with Gasteiger partial charge in [0.1, 0.15) is 5.25 Å². The number of nitrogens with zero attached hydrogens (tertiary/aromatic N) is 3. The van der Waals surface area contributed by atoms with E-state index >= 15 is 0 Å². The van der Waals surface area contributed by atoms with Crippen molar-refractivity contribution in [3.63, 3.8) is 0 Å². The van der Waals surface area contributed by atoms with Crippen LogP contribution in [0.1, 0.15) is 30.9 Å². The molecule has 4 heterocycles. The maximum atomic E-state index is 13.0. The number of rotatable bonds is 4. The van der Waals surface area contributed by atoms with Gasteiger partial charge in [-0.05, 0) is 36.6 Å². The molecule has 0 radical (unpaired) electrons. The van der Waals surface area contributed by atoms with E-state index in [0.29, 0.717) is 13.1 Å². The predicted molar refractivity (Wildman–Crippen MR) is 124 cm³/mol. The number of hydrogen-bond donors (Lipinski definition) is 1. The summed E-state index contributed by atoms with van der Waals surface area (Å²) in [6, 6.07) is 12.3. The molecule has 32 heavy (non-hydrogen) atoms. The highest BCUT2D eigenvalue weighted by Gasteiger charge is 2.39. The lowest BCUT2D eigenvalue weighted by Gasteiger charge is -2.33. The number of carbonyl (C=O) groups is 3. The quantitative estimate of drug-likeness (QED) is 0.652. The van der Waals surface area contributed by atoms with Crippen LogP contribution in [0, 0.1) is 0 Å². The van der Waals surface area contributed by atoms with Gasteiger partial charge in [-0.3, -0.25) is 24.3 Å². The number of likely N-dealkylation sites (tertiary alicyclic amines) is 1. The first-order valence-corrected chi connectivity index (χ1v) is 11.7. The van der Waals surface area contributed by atoms with Crippen LogP contribution in [0.25, 0.3) is 22.0 Å². The molecule has 0 unspecified atom stereocenters. The van der Waals surface area contributed by atoms with Gasteiger partial charge in [-0.25, -0.2) is 0 Å². The standard InChI is InChI=1S/C24H24N4O3S/c1-27-23(30)19(32-24(27)31)13-20(29)28-12-4-5-16(14-28)22-21(15-8-10-25-11-9-15)17-6-2-3-7-18(17)26-22/h2-3,6-11,16,19,26H,4-5,12-14H2,1H3/t16-,19+/m1/s1. The van der Waals surface area contributed by atoms with Crippen molar-refractivity contribution in [3.05, 3.63) is 54.5 Å². The summed E-state index contributed by atoms with van der Waals surface area (Å²) in [5.41, 5.74) is 4.48. The summed E-state index contributed by atoms with van der Waals surface area (Å²) < 4.78 is 0. The number of amides is 3. The fraction of sp³-hybridized carbons (Fsp3) is 0.333. The largest absolute Gasteiger partial charge is 0.358 e. The number of aromatic amines is 1. The average molecular weight is 449 g/mol. The fourth-order valence-electron chi connectivity index (χ4n) is 4.71. The van der Waals surface area contributed by atoms with E-state index in [0.717, 1.165) is 57.2 Å². The molecular weight excluding hydrogens is 424 g/mol. The van der Waals surface area contributed by atoms with Gasteiger partial charge in [0.25, 0.3) is 5.24 Å². The van der Waals surface area contributed by atoms with Crippen molar-refractivity contribution in [2.24, 2.45) is 0 Å². The lowest BCUT2D eigenvalue weighted by molar-refractivity contribution is -0.135. The molecule has 164 valence electrons. The molecule has 1 aromatic carbocycles. The van der Waals surface area contributed by atoms with E-state index in [-0.39, 0.29) is 29.4 Å². The number of imide groups is 1. The number of nitrogens with one attached hydrogen (secondary N) is 1. The molecule has 0 saturated carbocycles. The van der Waals surface area contributed by atoms with Crippen molar-refractivity contribution in [2.75, 3.05) is 20.1 Å². The summed E-state index contributed by atoms with van der Waals surface area (Å²) in [7, 11) is 1.47. The third kappa shape index (κ3) is 3.68. The number of piperidine rings is 1. The van der Waals surface area contributed by atoms with Gasteiger partial charge in [0.2, 0.25) is 11.8 Å². The molecule has 0 spiro atoms. The Morgan fingerprint density at radius 2 is 1.97 bits per heavy atom. The molecule has 8 heteroatoms. The summed E-state index contributed by atoms with van der Waals surface area (Å²) in [5, 5.41) is 0.261. The van der Waals surface area contributed by atoms with Crippen LogP contribution in [0.3, 0.4) is 0 Å². The second-order valence-electron chi connectivity index (χ2n) is 8.35. The van der Waals surface area contributed by atoms with Gasteiger partial charge in [0.05, 0.1) is 0 Å². The van der Waals surface area contributed by atoms with E-state index in [1.54, 1.807) is 12.4 Å². The summed E-state index contributed by atoms with van der Waals surface area (Å²) in [6.45, 7) is 1.27. The maximum Gasteiger partial charge on any atom is 0.288 e. The Hall–Kier alpha value is -3.13. The summed E-state index contributed by atoms with van der Waals surface area (Å²) >= 11 is 0.952. The molecule has 1 N–H and O–H groups in total. The molecule has 3 aromatic rings. The molecular formula is C24H24N4O3S. The highest BCUT2D eigenvalue weighted by Crippen LogP contribution is 2.39. The second kappa shape index (κ2) is 8.43. The molecule has 0 bridgehead atoms. The predicted octanol–water partition coefficient (Wildman–Crippen LogP) is 4.02. The Morgan fingerprint density at radius 1 is 1.19 bits per heavy atom. The van der Waals surface area contributed by atoms with Crippen molar-refractivity contribution >= 4 is 39.7 Å². The van der Waals surface area contributed by atoms with Gasteiger partial charge in [0, 0.05) is 67.0 Å². The second-order valence-corrected chi connectivity index (χ2v) is 9.50. The van der Waals surface area contributed by atoms with E-state index in [1.807, 2.05) is 29.2 Å². The Kier molecular flexibility index (Phi) is 5.46. The van der Waals surface area contributed by atoms with Crippen LogP contribution in [0.2, 0.25) is 0 Å². The summed E-state index contributed by atoms with van der Waals surface area (Å²) in [4.78, 5) is 47.8. The van der Waals surface area contributed by atoms with Crippen molar-refractivity contribution in [3.8, 4) is 11.1 Å². The molecule has 7 nitrogen and oxygen atoms in total. The zero-order chi connectivity index (χ0) is 22.2. The van der Waals surface area contributed by atoms with Crippen LogP contribution in [0.5, 0.6) is 0 Å².